The van der Waals surface area contributed by atoms with E-state index < -0.39 is 106 Å². The predicted molar refractivity (Wildman–Crippen MR) is 372 cm³/mol. The van der Waals surface area contributed by atoms with Crippen LogP contribution in [0.2, 0.25) is 0 Å². The van der Waals surface area contributed by atoms with Crippen molar-refractivity contribution in [2.45, 2.75) is 135 Å². The summed E-state index contributed by atoms with van der Waals surface area (Å²) in [7, 11) is 0. The topological polar surface area (TPSA) is 323 Å². The van der Waals surface area contributed by atoms with Crippen molar-refractivity contribution in [3.63, 3.8) is 0 Å². The second-order valence-electron chi connectivity index (χ2n) is 27.2. The zero-order chi connectivity index (χ0) is 65.6. The third-order valence-electron chi connectivity index (χ3n) is 16.7. The Labute approximate surface area is 530 Å². The van der Waals surface area contributed by atoms with Crippen molar-refractivity contribution < 1.29 is 54.0 Å². The Kier molecular flexibility index (Phi) is 22.3. The van der Waals surface area contributed by atoms with Crippen molar-refractivity contribution in [1.29, 1.82) is 0 Å². The molecule has 10 heterocycles. The molecule has 13 N–H and O–H groups in total. The van der Waals surface area contributed by atoms with E-state index in [1.165, 1.54) is 0 Å². The fourth-order valence-electron chi connectivity index (χ4n) is 11.2. The molecule has 0 amide bonds. The van der Waals surface area contributed by atoms with Crippen LogP contribution in [0.5, 0.6) is 0 Å². The van der Waals surface area contributed by atoms with Crippen molar-refractivity contribution in [1.82, 2.24) is 19.6 Å². The highest BCUT2D eigenvalue weighted by Crippen LogP contribution is 2.50. The fraction of sp³-hybridized carbons (Fsp3) is 0.600. The summed E-state index contributed by atoms with van der Waals surface area (Å²) in [4.78, 5) is 23.4. The summed E-state index contributed by atoms with van der Waals surface area (Å²) in [5.74, 6) is 3.52. The third-order valence-corrected chi connectivity index (χ3v) is 23.5. The number of hydrogen-bond acceptors (Lipinski definition) is 23. The van der Waals surface area contributed by atoms with Crippen molar-refractivity contribution in [2.24, 2.45) is 42.9 Å². The summed E-state index contributed by atoms with van der Waals surface area (Å²) in [6.07, 6.45) is 28.8. The average molecular weight is 1370 g/mol. The molecule has 23 nitrogen and oxygen atoms in total. The monoisotopic (exact) mass is 1370 g/mol. The quantitative estimate of drug-likeness (QED) is 0.0785. The van der Waals surface area contributed by atoms with Gasteiger partial charge in [-0.2, -0.15) is 0 Å². The highest BCUT2D eigenvalue weighted by atomic mass is 79.9. The molecule has 16 atom stereocenters. The lowest BCUT2D eigenvalue weighted by atomic mass is 9.94. The van der Waals surface area contributed by atoms with Gasteiger partial charge in [-0.25, -0.2) is 20.0 Å². The molecule has 10 rings (SSSR count). The molecule has 0 aromatic carbocycles. The Balaban J connectivity index is 0.000000167. The smallest absolute Gasteiger partial charge is 0.165 e. The van der Waals surface area contributed by atoms with E-state index in [1.54, 1.807) is 51.5 Å². The van der Waals surface area contributed by atoms with E-state index in [0.29, 0.717) is 66.3 Å². The number of aliphatic hydroxyl groups excluding tert-OH is 5. The lowest BCUT2D eigenvalue weighted by molar-refractivity contribution is -0.181. The molecular weight excluding hydrogens is 1270 g/mol. The number of halogens is 1. The number of rotatable bonds is 16. The summed E-state index contributed by atoms with van der Waals surface area (Å²) in [5, 5.41) is 52.5. The van der Waals surface area contributed by atoms with Gasteiger partial charge < -0.3 is 96.5 Å². The molecule has 0 spiro atoms. The van der Waals surface area contributed by atoms with Crippen LogP contribution in [0.4, 0.5) is 0 Å². The molecule has 10 aliphatic heterocycles. The molecule has 0 aromatic rings. The zero-order valence-electron chi connectivity index (χ0n) is 53.0. The minimum absolute atomic E-state index is 0.204. The Morgan fingerprint density at radius 3 is 1.35 bits per heavy atom. The Bertz CT molecular complexity index is 3100. The minimum atomic E-state index is -1.24. The van der Waals surface area contributed by atoms with Crippen LogP contribution in [0, 0.1) is 0 Å². The molecular formula is C60H99BrN12O11P4. The van der Waals surface area contributed by atoms with Crippen molar-refractivity contribution in [2.75, 3.05) is 91.2 Å². The minimum Gasteiger partial charge on any atom is -0.389 e. The standard InChI is InChI=1S/C16H26N3O3P.C15H24N3O3P.C15H26N3O3P.C14H23BrN3O2P/c1-10-8-19(11(2)18-14(10)17)15-12-13(20)16(22-15,9-21-12)6-7-23(3,4)5;1-10-17-11(16)5-7-18(10)14-12-13(19)15(21-14,9-20-12)6-8-22(2,3)4;1-10-17-11(16)6-8-18(10)14-12(19)13(20)15(2,21-14)7-9-22(3,4)5;1-9-17-11(16)5-7-18(9)14-12(15)13(19)10(20-14)6-8-21(2,3)4/h8,12-13,15,20H,2-3,6-7,9H2,1,4-5H3,(H2,17,18);5,7,12-14,19H,1-2,6,8-9H2,3-4H3,(H2,16,17);6,8,12-14,19-20H,1,3,7,9H2,2,4-5H3,(H2,16,17);5,7,10,12-14,19H,1-2,6,8H2,3-4H3,(H2,16,17)/t12-,13?,15-,16+;12-,13?,14-,15+;12-,13+,14-,15-;10-,12-,13-,14-/m1111/s1. The summed E-state index contributed by atoms with van der Waals surface area (Å²) in [6.45, 7) is 32.7. The van der Waals surface area contributed by atoms with E-state index in [4.69, 9.17) is 51.4 Å². The maximum atomic E-state index is 10.7. The van der Waals surface area contributed by atoms with E-state index in [2.05, 4.69) is 141 Å². The number of aliphatic imine (C=N–C) groups is 4. The maximum Gasteiger partial charge on any atom is 0.165 e. The largest absolute Gasteiger partial charge is 0.389 e. The van der Waals surface area contributed by atoms with Crippen LogP contribution in [0.3, 0.4) is 0 Å². The number of nitrogens with two attached hydrogens (primary N) is 4. The van der Waals surface area contributed by atoms with Crippen molar-refractivity contribution in [3.8, 4) is 0 Å². The Morgan fingerprint density at radius 1 is 0.545 bits per heavy atom. The second-order valence-corrected chi connectivity index (χ2v) is 45.5. The van der Waals surface area contributed by atoms with Crippen LogP contribution in [0.15, 0.2) is 118 Å². The number of alkyl halides is 1. The van der Waals surface area contributed by atoms with Gasteiger partial charge in [0.05, 0.1) is 35.8 Å². The van der Waals surface area contributed by atoms with Gasteiger partial charge >= 0.3 is 0 Å². The fourth-order valence-corrected chi connectivity index (χ4v) is 15.9. The van der Waals surface area contributed by atoms with Gasteiger partial charge in [-0.15, -0.1) is 52.7 Å². The molecule has 6 saturated heterocycles. The van der Waals surface area contributed by atoms with Gasteiger partial charge in [0.15, 0.2) is 24.9 Å². The number of aliphatic hydroxyl groups is 5. The normalized spacial score (nSPS) is 36.1. The number of nitrogens with zero attached hydrogens (tertiary/aromatic N) is 8. The highest BCUT2D eigenvalue weighted by Gasteiger charge is 2.64. The lowest BCUT2D eigenvalue weighted by Crippen LogP contribution is -2.46. The van der Waals surface area contributed by atoms with Crippen LogP contribution in [0.25, 0.3) is 0 Å². The van der Waals surface area contributed by atoms with Gasteiger partial charge in [-0.05, 0) is 136 Å². The van der Waals surface area contributed by atoms with Gasteiger partial charge in [0.1, 0.15) is 94.5 Å². The molecule has 88 heavy (non-hydrogen) atoms. The molecule has 6 fully saturated rings. The molecule has 0 aromatic heterocycles. The summed E-state index contributed by atoms with van der Waals surface area (Å²) < 4.78 is 36.2. The van der Waals surface area contributed by atoms with Gasteiger partial charge in [0.25, 0.3) is 0 Å². The first-order valence-corrected chi connectivity index (χ1v) is 42.4. The Hall–Kier alpha value is -3.76. The molecule has 28 heteroatoms. The molecule has 2 unspecified atom stereocenters. The highest BCUT2D eigenvalue weighted by molar-refractivity contribution is 9.09. The first-order chi connectivity index (χ1) is 40.6. The summed E-state index contributed by atoms with van der Waals surface area (Å²) in [6, 6.07) is 0. The van der Waals surface area contributed by atoms with Crippen LogP contribution in [-0.4, -0.2) is 280 Å². The van der Waals surface area contributed by atoms with Crippen LogP contribution < -0.4 is 22.9 Å². The summed E-state index contributed by atoms with van der Waals surface area (Å²) in [5.41, 5.74) is 21.5. The molecule has 492 valence electrons. The average Bonchev–Trinajstić information content (AvgIpc) is 1.60. The number of amidine groups is 4. The third kappa shape index (κ3) is 16.9. The number of ether oxygens (including phenoxy) is 6. The molecule has 4 bridgehead atoms. The van der Waals surface area contributed by atoms with E-state index in [0.717, 1.165) is 49.5 Å². The van der Waals surface area contributed by atoms with Crippen LogP contribution in [-0.2, 0) is 28.4 Å². The molecule has 0 radical (unpaired) electrons. The zero-order valence-corrected chi connectivity index (χ0v) is 58.2. The molecule has 0 saturated carbocycles. The van der Waals surface area contributed by atoms with Gasteiger partial charge in [0, 0.05) is 30.4 Å². The Morgan fingerprint density at radius 2 is 0.932 bits per heavy atom. The van der Waals surface area contributed by atoms with E-state index >= 15 is 0 Å². The van der Waals surface area contributed by atoms with E-state index in [9.17, 15) is 25.5 Å². The van der Waals surface area contributed by atoms with Crippen LogP contribution >= 0.6 is 43.5 Å². The first kappa shape index (κ1) is 71.7. The number of fused-ring (bicyclic) bond motifs is 4. The lowest BCUT2D eigenvalue weighted by Gasteiger charge is -2.37. The van der Waals surface area contributed by atoms with Gasteiger partial charge in [0.2, 0.25) is 0 Å². The molecule has 10 aliphatic rings. The second kappa shape index (κ2) is 27.4. The van der Waals surface area contributed by atoms with Crippen molar-refractivity contribution in [3.05, 3.63) is 98.2 Å². The summed E-state index contributed by atoms with van der Waals surface area (Å²) >= 11 is 3.53. The maximum absolute atomic E-state index is 10.7. The van der Waals surface area contributed by atoms with Gasteiger partial charge in [-0.1, -0.05) is 42.2 Å². The van der Waals surface area contributed by atoms with E-state index in [1.807, 2.05) is 24.9 Å². The SMILES string of the molecule is C=C1N=C(N)C(C)=CN1[C@@H]1O[C@@]2(CCP(=C)(C)C)CO[C@@H]1C2O.C=C1N=C(N)C=CN1[C@@H]1O[C@@]2(CCP(=C)(C)C)CO[C@@H]1C2O.C=C1N=C(N)C=CN1[C@@H]1O[C@H](CCP(=C)(C)C)[C@@H](O)[C@H]1Br.C=C1N=C(N)C=CN1[C@@H]1O[C@](C)(CCP(=C)(C)C)[C@@H](O)[C@H]1O. The number of hydrogen-bond donors (Lipinski definition) is 9. The van der Waals surface area contributed by atoms with Gasteiger partial charge in [-0.3, -0.25) is 0 Å². The van der Waals surface area contributed by atoms with Crippen LogP contribution in [0.1, 0.15) is 39.5 Å². The van der Waals surface area contributed by atoms with Crippen molar-refractivity contribution >= 4 is 92.0 Å². The first-order valence-electron chi connectivity index (χ1n) is 29.2. The predicted octanol–water partition coefficient (Wildman–Crippen LogP) is 3.76. The van der Waals surface area contributed by atoms with E-state index in [-0.39, 0.29) is 17.2 Å². The molecule has 0 aliphatic carbocycles.